The van der Waals surface area contributed by atoms with Crippen LogP contribution in [-0.2, 0) is 14.3 Å². The molecule has 0 fully saturated rings. The summed E-state index contributed by atoms with van der Waals surface area (Å²) in [7, 11) is 1.28. The second kappa shape index (κ2) is 7.96. The van der Waals surface area contributed by atoms with E-state index in [9.17, 15) is 9.59 Å². The zero-order valence-corrected chi connectivity index (χ0v) is 10.4. The van der Waals surface area contributed by atoms with Crippen LogP contribution in [0.1, 0.15) is 33.6 Å². The molecule has 94 valence electrons. The lowest BCUT2D eigenvalue weighted by molar-refractivity contribution is -0.148. The molecule has 0 rings (SSSR count). The van der Waals surface area contributed by atoms with Gasteiger partial charge in [0, 0.05) is 6.54 Å². The largest absolute Gasteiger partial charge is 0.463 e. The normalized spacial score (nSPS) is 12.1. The molecular weight excluding hydrogens is 210 g/mol. The summed E-state index contributed by atoms with van der Waals surface area (Å²) in [4.78, 5) is 22.0. The standard InChI is InChI=1S/C11H21NO4/c1-8(2)7-9(3)16-10(13)5-6-12-11(14)15-4/h8-9H,5-7H2,1-4H3,(H,12,14)/t9-/m1/s1. The Kier molecular flexibility index (Phi) is 7.33. The highest BCUT2D eigenvalue weighted by Crippen LogP contribution is 2.08. The molecule has 0 saturated heterocycles. The van der Waals surface area contributed by atoms with Gasteiger partial charge in [-0.05, 0) is 19.3 Å². The zero-order valence-electron chi connectivity index (χ0n) is 10.4. The third kappa shape index (κ3) is 8.08. The molecule has 16 heavy (non-hydrogen) atoms. The average molecular weight is 231 g/mol. The minimum Gasteiger partial charge on any atom is -0.463 e. The molecule has 0 saturated carbocycles. The van der Waals surface area contributed by atoms with E-state index in [0.717, 1.165) is 6.42 Å². The van der Waals surface area contributed by atoms with E-state index in [-0.39, 0.29) is 25.0 Å². The van der Waals surface area contributed by atoms with Crippen molar-refractivity contribution in [2.45, 2.75) is 39.7 Å². The number of rotatable bonds is 6. The molecule has 0 aromatic carbocycles. The van der Waals surface area contributed by atoms with Crippen molar-refractivity contribution in [3.05, 3.63) is 0 Å². The first-order chi connectivity index (χ1) is 7.45. The zero-order chi connectivity index (χ0) is 12.6. The number of alkyl carbamates (subject to hydrolysis) is 1. The van der Waals surface area contributed by atoms with Gasteiger partial charge in [-0.15, -0.1) is 0 Å². The molecule has 0 radical (unpaired) electrons. The van der Waals surface area contributed by atoms with Crippen LogP contribution in [0.25, 0.3) is 0 Å². The maximum Gasteiger partial charge on any atom is 0.406 e. The van der Waals surface area contributed by atoms with Crippen molar-refractivity contribution in [1.82, 2.24) is 5.32 Å². The summed E-state index contributed by atoms with van der Waals surface area (Å²) in [5, 5.41) is 2.42. The Morgan fingerprint density at radius 1 is 1.25 bits per heavy atom. The highest BCUT2D eigenvalue weighted by atomic mass is 16.5. The Labute approximate surface area is 96.5 Å². The van der Waals surface area contributed by atoms with Crippen LogP contribution in [0.3, 0.4) is 0 Å². The van der Waals surface area contributed by atoms with Crippen LogP contribution in [0, 0.1) is 5.92 Å². The van der Waals surface area contributed by atoms with Crippen LogP contribution in [0.15, 0.2) is 0 Å². The minimum absolute atomic E-state index is 0.0781. The third-order valence-corrected chi connectivity index (χ3v) is 1.92. The van der Waals surface area contributed by atoms with E-state index in [2.05, 4.69) is 23.9 Å². The SMILES string of the molecule is COC(=O)NCCC(=O)O[C@H](C)CC(C)C. The number of carbonyl (C=O) groups excluding carboxylic acids is 2. The molecule has 5 nitrogen and oxygen atoms in total. The lowest BCUT2D eigenvalue weighted by atomic mass is 10.1. The van der Waals surface area contributed by atoms with Crippen LogP contribution >= 0.6 is 0 Å². The highest BCUT2D eigenvalue weighted by Gasteiger charge is 2.11. The van der Waals surface area contributed by atoms with Crippen molar-refractivity contribution >= 4 is 12.1 Å². The first-order valence-corrected chi connectivity index (χ1v) is 5.47. The summed E-state index contributed by atoms with van der Waals surface area (Å²) in [6.07, 6.45) is 0.391. The van der Waals surface area contributed by atoms with E-state index in [1.54, 1.807) is 0 Å². The predicted octanol–water partition coefficient (Wildman–Crippen LogP) is 1.71. The molecule has 0 aliphatic carbocycles. The van der Waals surface area contributed by atoms with Gasteiger partial charge in [-0.1, -0.05) is 13.8 Å². The lowest BCUT2D eigenvalue weighted by Crippen LogP contribution is -2.27. The molecule has 0 spiro atoms. The fraction of sp³-hybridized carbons (Fsp3) is 0.818. The Hall–Kier alpha value is -1.26. The Morgan fingerprint density at radius 2 is 1.88 bits per heavy atom. The number of esters is 1. The molecule has 1 N–H and O–H groups in total. The predicted molar refractivity (Wildman–Crippen MR) is 60.0 cm³/mol. The third-order valence-electron chi connectivity index (χ3n) is 1.92. The van der Waals surface area contributed by atoms with Gasteiger partial charge < -0.3 is 14.8 Å². The van der Waals surface area contributed by atoms with Gasteiger partial charge in [0.1, 0.15) is 0 Å². The van der Waals surface area contributed by atoms with E-state index >= 15 is 0 Å². The summed E-state index contributed by atoms with van der Waals surface area (Å²) >= 11 is 0. The quantitative estimate of drug-likeness (QED) is 0.707. The fourth-order valence-corrected chi connectivity index (χ4v) is 1.33. The molecule has 1 amide bonds. The molecule has 0 aliphatic heterocycles. The van der Waals surface area contributed by atoms with Crippen molar-refractivity contribution < 1.29 is 19.1 Å². The van der Waals surface area contributed by atoms with Crippen molar-refractivity contribution in [3.63, 3.8) is 0 Å². The van der Waals surface area contributed by atoms with Gasteiger partial charge in [0.2, 0.25) is 0 Å². The smallest absolute Gasteiger partial charge is 0.406 e. The molecule has 0 aliphatic rings. The number of nitrogens with one attached hydrogen (secondary N) is 1. The van der Waals surface area contributed by atoms with Gasteiger partial charge in [0.15, 0.2) is 0 Å². The monoisotopic (exact) mass is 231 g/mol. The van der Waals surface area contributed by atoms with Crippen molar-refractivity contribution in [3.8, 4) is 0 Å². The fourth-order valence-electron chi connectivity index (χ4n) is 1.33. The summed E-state index contributed by atoms with van der Waals surface area (Å²) in [5.74, 6) is 0.195. The Bertz CT molecular complexity index is 228. The van der Waals surface area contributed by atoms with Gasteiger partial charge in [-0.25, -0.2) is 4.79 Å². The summed E-state index contributed by atoms with van der Waals surface area (Å²) in [6, 6.07) is 0. The van der Waals surface area contributed by atoms with E-state index < -0.39 is 6.09 Å². The average Bonchev–Trinajstić information content (AvgIpc) is 2.15. The van der Waals surface area contributed by atoms with Gasteiger partial charge in [0.05, 0.1) is 19.6 Å². The van der Waals surface area contributed by atoms with Crippen LogP contribution in [-0.4, -0.2) is 31.8 Å². The maximum atomic E-state index is 11.3. The first-order valence-electron chi connectivity index (χ1n) is 5.47. The number of ether oxygens (including phenoxy) is 2. The van der Waals surface area contributed by atoms with Crippen LogP contribution in [0.2, 0.25) is 0 Å². The van der Waals surface area contributed by atoms with Crippen molar-refractivity contribution in [1.29, 1.82) is 0 Å². The number of methoxy groups -OCH3 is 1. The summed E-state index contributed by atoms with van der Waals surface area (Å²) in [5.41, 5.74) is 0. The molecule has 0 bridgehead atoms. The number of hydrogen-bond acceptors (Lipinski definition) is 4. The molecule has 0 aromatic heterocycles. The minimum atomic E-state index is -0.539. The Balaban J connectivity index is 3.62. The summed E-state index contributed by atoms with van der Waals surface area (Å²) in [6.45, 7) is 6.25. The molecule has 1 atom stereocenters. The number of carbonyl (C=O) groups is 2. The molecule has 0 heterocycles. The van der Waals surface area contributed by atoms with Crippen molar-refractivity contribution in [2.75, 3.05) is 13.7 Å². The number of hydrogen-bond donors (Lipinski definition) is 1. The van der Waals surface area contributed by atoms with Gasteiger partial charge in [-0.3, -0.25) is 4.79 Å². The van der Waals surface area contributed by atoms with E-state index in [1.807, 2.05) is 6.92 Å². The van der Waals surface area contributed by atoms with E-state index in [0.29, 0.717) is 5.92 Å². The molecular formula is C11H21NO4. The van der Waals surface area contributed by atoms with Gasteiger partial charge in [0.25, 0.3) is 0 Å². The van der Waals surface area contributed by atoms with Crippen molar-refractivity contribution in [2.24, 2.45) is 5.92 Å². The molecule has 0 unspecified atom stereocenters. The van der Waals surface area contributed by atoms with Crippen LogP contribution in [0.4, 0.5) is 4.79 Å². The maximum absolute atomic E-state index is 11.3. The molecule has 0 aromatic rings. The number of amides is 1. The highest BCUT2D eigenvalue weighted by molar-refractivity contribution is 5.71. The van der Waals surface area contributed by atoms with Gasteiger partial charge in [-0.2, -0.15) is 0 Å². The Morgan fingerprint density at radius 3 is 2.38 bits per heavy atom. The topological polar surface area (TPSA) is 64.6 Å². The summed E-state index contributed by atoms with van der Waals surface area (Å²) < 4.78 is 9.51. The van der Waals surface area contributed by atoms with Crippen LogP contribution < -0.4 is 5.32 Å². The lowest BCUT2D eigenvalue weighted by Gasteiger charge is -2.15. The second-order valence-corrected chi connectivity index (χ2v) is 4.10. The molecule has 5 heteroatoms. The first kappa shape index (κ1) is 14.7. The van der Waals surface area contributed by atoms with E-state index in [1.165, 1.54) is 7.11 Å². The second-order valence-electron chi connectivity index (χ2n) is 4.10. The van der Waals surface area contributed by atoms with Crippen LogP contribution in [0.5, 0.6) is 0 Å². The van der Waals surface area contributed by atoms with Gasteiger partial charge >= 0.3 is 12.1 Å². The van der Waals surface area contributed by atoms with E-state index in [4.69, 9.17) is 4.74 Å².